The van der Waals surface area contributed by atoms with E-state index in [1.807, 2.05) is 102 Å². The third kappa shape index (κ3) is 5.55. The van der Waals surface area contributed by atoms with Gasteiger partial charge in [-0.3, -0.25) is 4.57 Å². The summed E-state index contributed by atoms with van der Waals surface area (Å²) in [5.41, 5.74) is 3.43. The lowest BCUT2D eigenvalue weighted by Crippen LogP contribution is -2.12. The number of aromatic nitrogens is 4. The van der Waals surface area contributed by atoms with Gasteiger partial charge in [0.1, 0.15) is 5.82 Å². The number of alkyl halides is 6. The molecule has 0 saturated heterocycles. The predicted octanol–water partition coefficient (Wildman–Crippen LogP) is 14.3. The molecule has 0 aliphatic heterocycles. The molecule has 0 atom stereocenters. The molecule has 290 valence electrons. The summed E-state index contributed by atoms with van der Waals surface area (Å²) in [4.78, 5) is 9.46. The number of hydrogen-bond donors (Lipinski definition) is 0. The van der Waals surface area contributed by atoms with E-state index in [1.165, 1.54) is 0 Å². The van der Waals surface area contributed by atoms with Crippen LogP contribution in [-0.2, 0) is 12.4 Å². The topological polar surface area (TPSA) is 35.6 Å². The molecule has 4 nitrogen and oxygen atoms in total. The van der Waals surface area contributed by atoms with E-state index in [9.17, 15) is 26.3 Å². The van der Waals surface area contributed by atoms with Crippen LogP contribution in [-0.4, -0.2) is 19.1 Å². The SMILES string of the molecule is FC(F)(F)c1ccc(C(F)(F)F)c(-c2nc(-n3c4ccccc4c4ccc(-c5ccc6c(c5)c5ccccc5n6-c5ccccc5)cc43)c3ccc4ccccc4c3n2)c1. The molecule has 0 N–H and O–H groups in total. The normalized spacial score (nSPS) is 12.5. The molecule has 8 aromatic carbocycles. The number of benzene rings is 8. The van der Waals surface area contributed by atoms with Crippen molar-refractivity contribution in [1.29, 1.82) is 0 Å². The molecule has 0 fully saturated rings. The zero-order valence-corrected chi connectivity index (χ0v) is 31.2. The van der Waals surface area contributed by atoms with Crippen LogP contribution in [0.5, 0.6) is 0 Å². The minimum atomic E-state index is -4.99. The minimum Gasteiger partial charge on any atom is -0.309 e. The molecule has 3 aromatic heterocycles. The second kappa shape index (κ2) is 13.0. The fraction of sp³-hybridized carbons (Fsp3) is 0.0400. The van der Waals surface area contributed by atoms with Crippen molar-refractivity contribution in [2.24, 2.45) is 0 Å². The van der Waals surface area contributed by atoms with Crippen molar-refractivity contribution in [2.45, 2.75) is 12.4 Å². The first-order valence-electron chi connectivity index (χ1n) is 19.1. The number of rotatable bonds is 4. The summed E-state index contributed by atoms with van der Waals surface area (Å²) < 4.78 is 90.4. The Balaban J connectivity index is 1.20. The highest BCUT2D eigenvalue weighted by molar-refractivity contribution is 6.14. The quantitative estimate of drug-likeness (QED) is 0.131. The first kappa shape index (κ1) is 35.7. The molecule has 10 heteroatoms. The molecule has 0 unspecified atom stereocenters. The fourth-order valence-corrected chi connectivity index (χ4v) is 8.68. The summed E-state index contributed by atoms with van der Waals surface area (Å²) in [6.07, 6.45) is -9.90. The molecule has 0 bridgehead atoms. The standard InChI is InChI=1S/C50H28F6N4/c51-49(52,53)32-21-24-41(50(54,55)56)40(28-32)47-57-46-34-13-5-4-10-29(34)18-23-38(46)48(58-47)60-43-17-9-6-14-35(43)37-22-19-31(27-45(37)60)30-20-25-44-39(26-30)36-15-7-8-16-42(36)59(44)33-11-2-1-3-12-33/h1-28H. The molecule has 0 saturated carbocycles. The van der Waals surface area contributed by atoms with E-state index >= 15 is 0 Å². The molecule has 0 amide bonds. The van der Waals surface area contributed by atoms with E-state index in [0.717, 1.165) is 54.8 Å². The summed E-state index contributed by atoms with van der Waals surface area (Å²) in [7, 11) is 0. The monoisotopic (exact) mass is 798 g/mol. The Morgan fingerprint density at radius 1 is 0.400 bits per heavy atom. The molecular weight excluding hydrogens is 771 g/mol. The van der Waals surface area contributed by atoms with Crippen LogP contribution in [0.3, 0.4) is 0 Å². The number of para-hydroxylation sites is 3. The van der Waals surface area contributed by atoms with E-state index in [-0.39, 0.29) is 5.82 Å². The Morgan fingerprint density at radius 2 is 1.00 bits per heavy atom. The van der Waals surface area contributed by atoms with Gasteiger partial charge in [0.15, 0.2) is 5.82 Å². The second-order valence-corrected chi connectivity index (χ2v) is 14.8. The van der Waals surface area contributed by atoms with E-state index < -0.39 is 34.9 Å². The molecular formula is C50H28F6N4. The van der Waals surface area contributed by atoms with Crippen LogP contribution in [0.2, 0.25) is 0 Å². The fourth-order valence-electron chi connectivity index (χ4n) is 8.68. The van der Waals surface area contributed by atoms with Crippen LogP contribution in [0.4, 0.5) is 26.3 Å². The third-order valence-electron chi connectivity index (χ3n) is 11.4. The van der Waals surface area contributed by atoms with Crippen molar-refractivity contribution in [3.63, 3.8) is 0 Å². The smallest absolute Gasteiger partial charge is 0.309 e. The summed E-state index contributed by atoms with van der Waals surface area (Å²) in [6, 6.07) is 50.9. The van der Waals surface area contributed by atoms with Crippen LogP contribution in [0, 0.1) is 0 Å². The second-order valence-electron chi connectivity index (χ2n) is 14.8. The summed E-state index contributed by atoms with van der Waals surface area (Å²) >= 11 is 0. The Bertz CT molecular complexity index is 3530. The van der Waals surface area contributed by atoms with Crippen LogP contribution in [0.15, 0.2) is 170 Å². The van der Waals surface area contributed by atoms with E-state index in [0.29, 0.717) is 45.5 Å². The van der Waals surface area contributed by atoms with Crippen molar-refractivity contribution in [1.82, 2.24) is 19.1 Å². The highest BCUT2D eigenvalue weighted by Crippen LogP contribution is 2.43. The van der Waals surface area contributed by atoms with Gasteiger partial charge < -0.3 is 4.57 Å². The third-order valence-corrected chi connectivity index (χ3v) is 11.4. The highest BCUT2D eigenvalue weighted by atomic mass is 19.4. The van der Waals surface area contributed by atoms with Crippen LogP contribution < -0.4 is 0 Å². The van der Waals surface area contributed by atoms with Crippen LogP contribution in [0.1, 0.15) is 11.1 Å². The van der Waals surface area contributed by atoms with Crippen molar-refractivity contribution in [2.75, 3.05) is 0 Å². The molecule has 60 heavy (non-hydrogen) atoms. The average molecular weight is 799 g/mol. The van der Waals surface area contributed by atoms with Crippen LogP contribution in [0.25, 0.3) is 99.3 Å². The van der Waals surface area contributed by atoms with Gasteiger partial charge in [0.2, 0.25) is 0 Å². The average Bonchev–Trinajstić information content (AvgIpc) is 3.77. The number of hydrogen-bond acceptors (Lipinski definition) is 2. The lowest BCUT2D eigenvalue weighted by molar-refractivity contribution is -0.141. The maximum Gasteiger partial charge on any atom is 0.417 e. The van der Waals surface area contributed by atoms with Gasteiger partial charge in [0.05, 0.1) is 38.7 Å². The summed E-state index contributed by atoms with van der Waals surface area (Å²) in [5, 5.41) is 5.77. The number of nitrogens with zero attached hydrogens (tertiary/aromatic N) is 4. The molecule has 11 aromatic rings. The first-order chi connectivity index (χ1) is 29.0. The summed E-state index contributed by atoms with van der Waals surface area (Å²) in [5.74, 6) is -0.245. The van der Waals surface area contributed by atoms with E-state index in [4.69, 9.17) is 4.98 Å². The van der Waals surface area contributed by atoms with Gasteiger partial charge in [0, 0.05) is 43.6 Å². The molecule has 0 spiro atoms. The van der Waals surface area contributed by atoms with Crippen molar-refractivity contribution in [3.8, 4) is 34.0 Å². The zero-order chi connectivity index (χ0) is 40.9. The minimum absolute atomic E-state index is 0.232. The van der Waals surface area contributed by atoms with Crippen molar-refractivity contribution >= 4 is 65.3 Å². The van der Waals surface area contributed by atoms with Gasteiger partial charge in [-0.1, -0.05) is 103 Å². The maximum atomic E-state index is 14.7. The zero-order valence-electron chi connectivity index (χ0n) is 31.2. The van der Waals surface area contributed by atoms with Gasteiger partial charge >= 0.3 is 12.4 Å². The van der Waals surface area contributed by atoms with Crippen molar-refractivity contribution in [3.05, 3.63) is 181 Å². The predicted molar refractivity (Wildman–Crippen MR) is 227 cm³/mol. The lowest BCUT2D eigenvalue weighted by atomic mass is 10.0. The Morgan fingerprint density at radius 3 is 1.75 bits per heavy atom. The summed E-state index contributed by atoms with van der Waals surface area (Å²) in [6.45, 7) is 0. The number of fused-ring (bicyclic) bond motifs is 9. The van der Waals surface area contributed by atoms with Crippen molar-refractivity contribution < 1.29 is 26.3 Å². The van der Waals surface area contributed by atoms with Gasteiger partial charge in [-0.25, -0.2) is 9.97 Å². The van der Waals surface area contributed by atoms with E-state index in [2.05, 4.69) is 52.0 Å². The van der Waals surface area contributed by atoms with Gasteiger partial charge in [-0.05, 0) is 83.2 Å². The van der Waals surface area contributed by atoms with Gasteiger partial charge in [0.25, 0.3) is 0 Å². The largest absolute Gasteiger partial charge is 0.417 e. The highest BCUT2D eigenvalue weighted by Gasteiger charge is 2.38. The molecule has 0 radical (unpaired) electrons. The Hall–Kier alpha value is -7.46. The first-order valence-corrected chi connectivity index (χ1v) is 19.1. The molecule has 11 rings (SSSR count). The van der Waals surface area contributed by atoms with Gasteiger partial charge in [-0.2, -0.15) is 26.3 Å². The lowest BCUT2D eigenvalue weighted by Gasteiger charge is -2.18. The van der Waals surface area contributed by atoms with Crippen LogP contribution >= 0.6 is 0 Å². The Kier molecular flexibility index (Phi) is 7.75. The molecule has 0 aliphatic rings. The molecule has 3 heterocycles. The number of halogens is 6. The molecule has 0 aliphatic carbocycles. The van der Waals surface area contributed by atoms with Gasteiger partial charge in [-0.15, -0.1) is 0 Å². The Labute approximate surface area is 337 Å². The van der Waals surface area contributed by atoms with E-state index in [1.54, 1.807) is 12.1 Å². The maximum absolute atomic E-state index is 14.7.